The molecule has 0 spiro atoms. The average molecular weight is 395 g/mol. The third-order valence-electron chi connectivity index (χ3n) is 2.55. The van der Waals surface area contributed by atoms with Gasteiger partial charge in [0, 0.05) is 5.69 Å². The van der Waals surface area contributed by atoms with Gasteiger partial charge in [-0.15, -0.1) is 0 Å². The van der Waals surface area contributed by atoms with E-state index in [1.807, 2.05) is 6.07 Å². The largest absolute Gasteiger partial charge is 0.321 e. The van der Waals surface area contributed by atoms with Gasteiger partial charge in [-0.2, -0.15) is 5.26 Å². The lowest BCUT2D eigenvalue weighted by Crippen LogP contribution is -2.15. The Kier molecular flexibility index (Phi) is 5.38. The molecule has 0 saturated heterocycles. The van der Waals surface area contributed by atoms with Crippen molar-refractivity contribution in [3.8, 4) is 6.07 Å². The number of nitrogens with one attached hydrogen (secondary N) is 1. The number of nitriles is 1. The molecule has 2 aromatic rings. The molecule has 0 aliphatic carbocycles. The van der Waals surface area contributed by atoms with Crippen LogP contribution in [0.1, 0.15) is 16.1 Å². The molecule has 1 N–H and O–H groups in total. The Hall–Kier alpha value is -1.22. The number of aromatic nitrogens is 1. The fourth-order valence-electron chi connectivity index (χ4n) is 1.51. The summed E-state index contributed by atoms with van der Waals surface area (Å²) < 4.78 is 0. The highest BCUT2D eigenvalue weighted by atomic mass is 35.5. The fraction of sp³-hybridized carbons (Fsp3) is 0. The van der Waals surface area contributed by atoms with Crippen molar-refractivity contribution in [1.82, 2.24) is 4.98 Å². The Balaban J connectivity index is 2.34. The summed E-state index contributed by atoms with van der Waals surface area (Å²) >= 11 is 29.3. The van der Waals surface area contributed by atoms with Gasteiger partial charge in [0.05, 0.1) is 25.7 Å². The highest BCUT2D eigenvalue weighted by molar-refractivity contribution is 6.52. The first-order chi connectivity index (χ1) is 10.3. The molecule has 0 fully saturated rings. The molecule has 0 radical (unpaired) electrons. The monoisotopic (exact) mass is 393 g/mol. The number of benzene rings is 1. The van der Waals surface area contributed by atoms with Crippen molar-refractivity contribution in [2.24, 2.45) is 0 Å². The lowest BCUT2D eigenvalue weighted by Gasteiger charge is -2.09. The number of anilines is 1. The first-order valence-corrected chi connectivity index (χ1v) is 7.45. The molecule has 0 bridgehead atoms. The molecule has 1 aromatic heterocycles. The minimum Gasteiger partial charge on any atom is -0.321 e. The van der Waals surface area contributed by atoms with Gasteiger partial charge in [-0.3, -0.25) is 4.79 Å². The van der Waals surface area contributed by atoms with E-state index in [9.17, 15) is 4.79 Å². The van der Waals surface area contributed by atoms with Crippen LogP contribution in [0.5, 0.6) is 0 Å². The maximum absolute atomic E-state index is 12.2. The number of pyridine rings is 1. The first-order valence-electron chi connectivity index (χ1n) is 5.56. The van der Waals surface area contributed by atoms with Gasteiger partial charge in [0.1, 0.15) is 16.9 Å². The highest BCUT2D eigenvalue weighted by Crippen LogP contribution is 2.36. The predicted octanol–water partition coefficient (Wildman–Crippen LogP) is 5.47. The Morgan fingerprint density at radius 1 is 1.09 bits per heavy atom. The Labute approximate surface area is 150 Å². The number of hydrogen-bond acceptors (Lipinski definition) is 3. The number of carbonyl (C=O) groups is 1. The minimum atomic E-state index is -0.647. The van der Waals surface area contributed by atoms with E-state index in [0.29, 0.717) is 5.69 Å². The van der Waals surface area contributed by atoms with E-state index in [1.165, 1.54) is 18.2 Å². The van der Waals surface area contributed by atoms with Crippen LogP contribution in [0, 0.1) is 11.3 Å². The van der Waals surface area contributed by atoms with Crippen molar-refractivity contribution in [3.05, 3.63) is 54.7 Å². The van der Waals surface area contributed by atoms with Crippen LogP contribution in [-0.2, 0) is 0 Å². The Bertz CT molecular complexity index is 816. The molecule has 1 amide bonds. The summed E-state index contributed by atoms with van der Waals surface area (Å²) in [6.07, 6.45) is 0. The third kappa shape index (κ3) is 3.40. The lowest BCUT2D eigenvalue weighted by atomic mass is 10.2. The number of rotatable bonds is 2. The number of hydrogen-bond donors (Lipinski definition) is 1. The number of halogens is 5. The van der Waals surface area contributed by atoms with Crippen molar-refractivity contribution < 1.29 is 4.79 Å². The maximum Gasteiger partial charge on any atom is 0.275 e. The van der Waals surface area contributed by atoms with Crippen molar-refractivity contribution >= 4 is 69.6 Å². The minimum absolute atomic E-state index is 0.0358. The van der Waals surface area contributed by atoms with Crippen LogP contribution in [0.25, 0.3) is 0 Å². The smallest absolute Gasteiger partial charge is 0.275 e. The summed E-state index contributed by atoms with van der Waals surface area (Å²) in [5, 5.41) is 11.2. The Morgan fingerprint density at radius 2 is 1.77 bits per heavy atom. The molecule has 22 heavy (non-hydrogen) atoms. The molecule has 1 heterocycles. The van der Waals surface area contributed by atoms with E-state index in [2.05, 4.69) is 10.3 Å². The summed E-state index contributed by atoms with van der Waals surface area (Å²) in [5.74, 6) is -0.647. The van der Waals surface area contributed by atoms with Crippen LogP contribution < -0.4 is 5.32 Å². The maximum atomic E-state index is 12.2. The SMILES string of the molecule is N#Cc1ccc(NC(=O)c2nc(Cl)c(Cl)c(Cl)c2Cl)cc1Cl. The molecular weight excluding hydrogens is 391 g/mol. The van der Waals surface area contributed by atoms with Crippen LogP contribution in [0.15, 0.2) is 18.2 Å². The molecule has 4 nitrogen and oxygen atoms in total. The molecular formula is C13H4Cl5N3O. The second kappa shape index (κ2) is 6.91. The van der Waals surface area contributed by atoms with E-state index < -0.39 is 5.91 Å². The Morgan fingerprint density at radius 3 is 2.36 bits per heavy atom. The van der Waals surface area contributed by atoms with Crippen molar-refractivity contribution in [2.75, 3.05) is 5.32 Å². The van der Waals surface area contributed by atoms with Gasteiger partial charge in [-0.1, -0.05) is 58.0 Å². The number of carbonyl (C=O) groups excluding carboxylic acids is 1. The van der Waals surface area contributed by atoms with Gasteiger partial charge >= 0.3 is 0 Å². The second-order valence-electron chi connectivity index (χ2n) is 3.95. The molecule has 0 aliphatic rings. The van der Waals surface area contributed by atoms with Crippen molar-refractivity contribution in [1.29, 1.82) is 5.26 Å². The quantitative estimate of drug-likeness (QED) is 0.686. The van der Waals surface area contributed by atoms with Gasteiger partial charge in [0.15, 0.2) is 0 Å². The molecule has 0 unspecified atom stereocenters. The third-order valence-corrected chi connectivity index (χ3v) is 4.54. The summed E-state index contributed by atoms with van der Waals surface area (Å²) in [6.45, 7) is 0. The molecule has 1 aromatic carbocycles. The molecule has 2 rings (SSSR count). The molecule has 0 saturated carbocycles. The molecule has 112 valence electrons. The highest BCUT2D eigenvalue weighted by Gasteiger charge is 2.20. The van der Waals surface area contributed by atoms with Crippen LogP contribution in [0.4, 0.5) is 5.69 Å². The normalized spacial score (nSPS) is 10.2. The summed E-state index contributed by atoms with van der Waals surface area (Å²) in [6, 6.07) is 6.31. The van der Waals surface area contributed by atoms with Crippen LogP contribution >= 0.6 is 58.0 Å². The standard InChI is InChI=1S/C13H4Cl5N3O/c14-7-3-6(2-1-5(7)4-19)20-13(22)11-9(16)8(15)10(17)12(18)21-11/h1-3H,(H,20,22). The molecule has 0 aliphatic heterocycles. The van der Waals surface area contributed by atoms with E-state index in [-0.39, 0.29) is 36.5 Å². The fourth-order valence-corrected chi connectivity index (χ4v) is 2.55. The zero-order valence-corrected chi connectivity index (χ0v) is 14.2. The molecule has 0 atom stereocenters. The average Bonchev–Trinajstić information content (AvgIpc) is 2.49. The van der Waals surface area contributed by atoms with Crippen LogP contribution in [0.2, 0.25) is 25.2 Å². The van der Waals surface area contributed by atoms with Crippen LogP contribution in [-0.4, -0.2) is 10.9 Å². The van der Waals surface area contributed by atoms with Gasteiger partial charge in [-0.05, 0) is 18.2 Å². The van der Waals surface area contributed by atoms with Gasteiger partial charge in [0.25, 0.3) is 5.91 Å². The van der Waals surface area contributed by atoms with E-state index in [1.54, 1.807) is 0 Å². The zero-order valence-electron chi connectivity index (χ0n) is 10.4. The topological polar surface area (TPSA) is 65.8 Å². The predicted molar refractivity (Wildman–Crippen MR) is 88.4 cm³/mol. The van der Waals surface area contributed by atoms with Gasteiger partial charge in [0.2, 0.25) is 0 Å². The van der Waals surface area contributed by atoms with E-state index >= 15 is 0 Å². The number of nitrogens with zero attached hydrogens (tertiary/aromatic N) is 2. The van der Waals surface area contributed by atoms with Crippen LogP contribution in [0.3, 0.4) is 0 Å². The molecule has 9 heteroatoms. The van der Waals surface area contributed by atoms with E-state index in [4.69, 9.17) is 63.3 Å². The summed E-state index contributed by atoms with van der Waals surface area (Å²) in [4.78, 5) is 16.0. The van der Waals surface area contributed by atoms with Crippen molar-refractivity contribution in [2.45, 2.75) is 0 Å². The van der Waals surface area contributed by atoms with Gasteiger partial charge in [-0.25, -0.2) is 4.98 Å². The zero-order chi connectivity index (χ0) is 16.4. The lowest BCUT2D eigenvalue weighted by molar-refractivity contribution is 0.102. The summed E-state index contributed by atoms with van der Waals surface area (Å²) in [7, 11) is 0. The second-order valence-corrected chi connectivity index (χ2v) is 5.85. The van der Waals surface area contributed by atoms with Gasteiger partial charge < -0.3 is 5.32 Å². The number of amides is 1. The van der Waals surface area contributed by atoms with E-state index in [0.717, 1.165) is 0 Å². The first kappa shape index (κ1) is 17.1. The summed E-state index contributed by atoms with van der Waals surface area (Å²) in [5.41, 5.74) is 0.462. The van der Waals surface area contributed by atoms with Crippen molar-refractivity contribution in [3.63, 3.8) is 0 Å².